The number of hydrogen-bond donors (Lipinski definition) is 3. The monoisotopic (exact) mass is 564 g/mol. The number of fused-ring (bicyclic) bond motifs is 1. The zero-order chi connectivity index (χ0) is 29.1. The Labute approximate surface area is 232 Å². The number of alkyl halides is 3. The van der Waals surface area contributed by atoms with E-state index in [0.717, 1.165) is 18.2 Å². The van der Waals surface area contributed by atoms with Crippen LogP contribution in [0.25, 0.3) is 0 Å². The molecule has 210 valence electrons. The van der Waals surface area contributed by atoms with Gasteiger partial charge in [-0.25, -0.2) is 14.8 Å². The first-order valence-corrected chi connectivity index (χ1v) is 12.2. The fourth-order valence-corrected chi connectivity index (χ4v) is 3.90. The number of hydrogen-bond acceptors (Lipinski definition) is 7. The molecule has 0 aliphatic carbocycles. The fourth-order valence-electron chi connectivity index (χ4n) is 3.90. The van der Waals surface area contributed by atoms with Crippen LogP contribution in [0.4, 0.5) is 46.7 Å². The van der Waals surface area contributed by atoms with Crippen molar-refractivity contribution in [3.05, 3.63) is 89.7 Å². The van der Waals surface area contributed by atoms with Crippen molar-refractivity contribution in [2.75, 3.05) is 34.7 Å². The van der Waals surface area contributed by atoms with Crippen LogP contribution in [0.2, 0.25) is 0 Å². The van der Waals surface area contributed by atoms with Crippen LogP contribution in [0.15, 0.2) is 73.1 Å². The van der Waals surface area contributed by atoms with Crippen molar-refractivity contribution in [2.24, 2.45) is 0 Å². The number of halogens is 3. The molecule has 3 aromatic carbocycles. The van der Waals surface area contributed by atoms with Gasteiger partial charge in [0, 0.05) is 41.8 Å². The number of amides is 3. The molecule has 0 unspecified atom stereocenters. The summed E-state index contributed by atoms with van der Waals surface area (Å²) in [6.45, 7) is 1.91. The zero-order valence-corrected chi connectivity index (χ0v) is 21.7. The van der Waals surface area contributed by atoms with Gasteiger partial charge in [-0.1, -0.05) is 12.1 Å². The van der Waals surface area contributed by atoms with E-state index in [9.17, 15) is 22.8 Å². The van der Waals surface area contributed by atoms with Gasteiger partial charge < -0.3 is 25.4 Å². The van der Waals surface area contributed by atoms with E-state index in [1.807, 2.05) is 0 Å². The van der Waals surface area contributed by atoms with Crippen molar-refractivity contribution in [1.29, 1.82) is 0 Å². The second-order valence-electron chi connectivity index (χ2n) is 9.01. The van der Waals surface area contributed by atoms with E-state index in [-0.39, 0.29) is 18.0 Å². The van der Waals surface area contributed by atoms with E-state index in [2.05, 4.69) is 25.9 Å². The molecule has 0 spiro atoms. The molecule has 13 heteroatoms. The molecule has 0 atom stereocenters. The van der Waals surface area contributed by atoms with Crippen LogP contribution in [0.5, 0.6) is 11.5 Å². The highest BCUT2D eigenvalue weighted by Gasteiger charge is 2.31. The molecule has 3 N–H and O–H groups in total. The third-order valence-electron chi connectivity index (χ3n) is 6.14. The smallest absolute Gasteiger partial charge is 0.416 e. The van der Waals surface area contributed by atoms with Crippen molar-refractivity contribution < 1.29 is 32.2 Å². The summed E-state index contributed by atoms with van der Waals surface area (Å²) >= 11 is 0. The summed E-state index contributed by atoms with van der Waals surface area (Å²) in [5, 5.41) is 8.46. The standard InChI is InChI=1S/C28H23F3N6O4/c1-16-6-7-19(35-26(38)17-4-3-5-18(10-17)28(29,30)31)11-21(16)36-27(39)37(2)25-13-24(32-14-33-25)34-20-8-9-22-23(12-20)41-15-40-22/h3-14H,15H2,1-2H3,(H,35,38)(H,36,39)(H,32,33,34). The van der Waals surface area contributed by atoms with Gasteiger partial charge in [-0.05, 0) is 55.0 Å². The summed E-state index contributed by atoms with van der Waals surface area (Å²) < 4.78 is 49.8. The second kappa shape index (κ2) is 11.0. The van der Waals surface area contributed by atoms with Crippen molar-refractivity contribution in [3.8, 4) is 11.5 Å². The van der Waals surface area contributed by atoms with Gasteiger partial charge >= 0.3 is 12.2 Å². The number of benzene rings is 3. The maximum absolute atomic E-state index is 13.1. The Hall–Kier alpha value is -5.33. The highest BCUT2D eigenvalue weighted by Crippen LogP contribution is 2.35. The molecule has 0 fully saturated rings. The van der Waals surface area contributed by atoms with Gasteiger partial charge in [0.05, 0.1) is 5.56 Å². The molecule has 2 heterocycles. The molecular weight excluding hydrogens is 541 g/mol. The van der Waals surface area contributed by atoms with E-state index in [0.29, 0.717) is 40.1 Å². The lowest BCUT2D eigenvalue weighted by Crippen LogP contribution is -2.32. The number of aromatic nitrogens is 2. The number of urea groups is 1. The number of ether oxygens (including phenoxy) is 2. The summed E-state index contributed by atoms with van der Waals surface area (Å²) in [4.78, 5) is 35.3. The Morgan fingerprint density at radius 1 is 0.902 bits per heavy atom. The minimum atomic E-state index is -4.57. The highest BCUT2D eigenvalue weighted by atomic mass is 19.4. The van der Waals surface area contributed by atoms with Gasteiger partial charge in [0.25, 0.3) is 5.91 Å². The molecule has 5 rings (SSSR count). The van der Waals surface area contributed by atoms with E-state index in [4.69, 9.17) is 9.47 Å². The first-order chi connectivity index (χ1) is 19.6. The van der Waals surface area contributed by atoms with Crippen LogP contribution < -0.4 is 30.3 Å². The highest BCUT2D eigenvalue weighted by molar-refractivity contribution is 6.05. The molecule has 0 saturated carbocycles. The number of nitrogens with zero attached hydrogens (tertiary/aromatic N) is 3. The zero-order valence-electron chi connectivity index (χ0n) is 21.7. The average Bonchev–Trinajstić information content (AvgIpc) is 3.42. The largest absolute Gasteiger partial charge is 0.454 e. The van der Waals surface area contributed by atoms with E-state index >= 15 is 0 Å². The number of anilines is 5. The molecule has 0 radical (unpaired) electrons. The third kappa shape index (κ3) is 6.30. The normalized spacial score (nSPS) is 12.0. The Balaban J connectivity index is 1.26. The van der Waals surface area contributed by atoms with E-state index < -0.39 is 23.7 Å². The van der Waals surface area contributed by atoms with Gasteiger partial charge in [-0.2, -0.15) is 13.2 Å². The number of carbonyl (C=O) groups excluding carboxylic acids is 2. The van der Waals surface area contributed by atoms with E-state index in [1.54, 1.807) is 43.3 Å². The first kappa shape index (κ1) is 27.2. The summed E-state index contributed by atoms with van der Waals surface area (Å²) in [5.41, 5.74) is 0.982. The van der Waals surface area contributed by atoms with Crippen LogP contribution in [0.3, 0.4) is 0 Å². The molecular formula is C28H23F3N6O4. The summed E-state index contributed by atoms with van der Waals surface area (Å²) in [5.74, 6) is 1.25. The van der Waals surface area contributed by atoms with Crippen molar-refractivity contribution >= 4 is 40.6 Å². The Morgan fingerprint density at radius 3 is 2.49 bits per heavy atom. The Kier molecular flexibility index (Phi) is 7.34. The summed E-state index contributed by atoms with van der Waals surface area (Å²) in [6.07, 6.45) is -3.26. The molecule has 41 heavy (non-hydrogen) atoms. The maximum Gasteiger partial charge on any atom is 0.416 e. The van der Waals surface area contributed by atoms with Crippen molar-refractivity contribution in [3.63, 3.8) is 0 Å². The molecule has 3 amide bonds. The van der Waals surface area contributed by atoms with Gasteiger partial charge in [-0.15, -0.1) is 0 Å². The van der Waals surface area contributed by atoms with Crippen LogP contribution in [-0.2, 0) is 6.18 Å². The number of carbonyl (C=O) groups is 2. The van der Waals surface area contributed by atoms with Gasteiger partial charge in [0.15, 0.2) is 11.5 Å². The van der Waals surface area contributed by atoms with Gasteiger partial charge in [-0.3, -0.25) is 9.69 Å². The lowest BCUT2D eigenvalue weighted by atomic mass is 10.1. The summed E-state index contributed by atoms with van der Waals surface area (Å²) in [6, 6.07) is 15.3. The maximum atomic E-state index is 13.1. The molecule has 0 bridgehead atoms. The number of aryl methyl sites for hydroxylation is 1. The van der Waals surface area contributed by atoms with Crippen LogP contribution >= 0.6 is 0 Å². The quantitative estimate of drug-likeness (QED) is 0.255. The number of nitrogens with one attached hydrogen (secondary N) is 3. The average molecular weight is 565 g/mol. The van der Waals surface area contributed by atoms with Gasteiger partial charge in [0.1, 0.15) is 18.0 Å². The molecule has 1 aliphatic heterocycles. The molecule has 1 aromatic heterocycles. The van der Waals surface area contributed by atoms with Crippen molar-refractivity contribution in [2.45, 2.75) is 13.1 Å². The third-order valence-corrected chi connectivity index (χ3v) is 6.14. The lowest BCUT2D eigenvalue weighted by molar-refractivity contribution is -0.137. The Morgan fingerprint density at radius 2 is 1.68 bits per heavy atom. The SMILES string of the molecule is Cc1ccc(NC(=O)c2cccc(C(F)(F)F)c2)cc1NC(=O)N(C)c1cc(Nc2ccc3c(c2)OCO3)ncn1. The molecule has 4 aromatic rings. The molecule has 10 nitrogen and oxygen atoms in total. The molecule has 0 saturated heterocycles. The summed E-state index contributed by atoms with van der Waals surface area (Å²) in [7, 11) is 1.52. The topological polar surface area (TPSA) is 118 Å². The van der Waals surface area contributed by atoms with Crippen molar-refractivity contribution in [1.82, 2.24) is 9.97 Å². The van der Waals surface area contributed by atoms with Crippen LogP contribution in [0.1, 0.15) is 21.5 Å². The minimum absolute atomic E-state index is 0.153. The fraction of sp³-hybridized carbons (Fsp3) is 0.143. The van der Waals surface area contributed by atoms with E-state index in [1.165, 1.54) is 30.4 Å². The first-order valence-electron chi connectivity index (χ1n) is 12.2. The molecule has 1 aliphatic rings. The van der Waals surface area contributed by atoms with Gasteiger partial charge in [0.2, 0.25) is 6.79 Å². The minimum Gasteiger partial charge on any atom is -0.454 e. The predicted molar refractivity (Wildman–Crippen MR) is 146 cm³/mol. The lowest BCUT2D eigenvalue weighted by Gasteiger charge is -2.19. The second-order valence-corrected chi connectivity index (χ2v) is 9.01. The van der Waals surface area contributed by atoms with Crippen LogP contribution in [0, 0.1) is 6.92 Å². The number of rotatable bonds is 6. The van der Waals surface area contributed by atoms with Crippen LogP contribution in [-0.4, -0.2) is 35.7 Å². The predicted octanol–water partition coefficient (Wildman–Crippen LogP) is 6.20. The Bertz CT molecular complexity index is 1630.